The molecule has 4 aromatic heterocycles. The quantitative estimate of drug-likeness (QED) is 0.158. The van der Waals surface area contributed by atoms with Crippen molar-refractivity contribution in [3.8, 4) is 28.1 Å². The molecule has 0 saturated carbocycles. The number of carbonyl (C=O) groups is 2. The first kappa shape index (κ1) is 32.8. The summed E-state index contributed by atoms with van der Waals surface area (Å²) in [5.74, 6) is -0.0851. The predicted molar refractivity (Wildman–Crippen MR) is 199 cm³/mol. The van der Waals surface area contributed by atoms with E-state index in [1.165, 1.54) is 11.1 Å². The van der Waals surface area contributed by atoms with Gasteiger partial charge in [-0.1, -0.05) is 42.5 Å². The van der Waals surface area contributed by atoms with Gasteiger partial charge >= 0.3 is 0 Å². The molecule has 4 N–H and O–H groups in total. The third-order valence-electron chi connectivity index (χ3n) is 9.70. The molecule has 1 unspecified atom stereocenters. The molecule has 0 aliphatic carbocycles. The van der Waals surface area contributed by atoms with E-state index in [1.54, 1.807) is 30.6 Å². The average molecular weight is 692 g/mol. The zero-order chi connectivity index (χ0) is 35.8. The van der Waals surface area contributed by atoms with E-state index in [4.69, 9.17) is 5.73 Å². The van der Waals surface area contributed by atoms with E-state index in [-0.39, 0.29) is 17.6 Å². The number of para-hydroxylation sites is 1. The van der Waals surface area contributed by atoms with Crippen LogP contribution in [0.25, 0.3) is 44.3 Å². The molecule has 1 saturated heterocycles. The number of hydrogen-bond acceptors (Lipinski definition) is 9. The highest BCUT2D eigenvalue weighted by Gasteiger charge is 2.31. The number of pyridine rings is 1. The molecule has 260 valence electrons. The van der Waals surface area contributed by atoms with Crippen LogP contribution in [0.2, 0.25) is 0 Å². The van der Waals surface area contributed by atoms with Crippen molar-refractivity contribution < 1.29 is 14.7 Å². The number of aromatic nitrogens is 6. The first-order valence-corrected chi connectivity index (χ1v) is 17.2. The molecule has 12 heteroatoms. The first-order chi connectivity index (χ1) is 25.3. The van der Waals surface area contributed by atoms with Gasteiger partial charge in [0.15, 0.2) is 5.82 Å². The van der Waals surface area contributed by atoms with Crippen LogP contribution < -0.4 is 11.1 Å². The number of hydrogen-bond donors (Lipinski definition) is 3. The molecule has 1 aliphatic heterocycles. The molecule has 8 rings (SSSR count). The maximum Gasteiger partial charge on any atom is 0.249 e. The van der Waals surface area contributed by atoms with Crippen molar-refractivity contribution in [3.05, 3.63) is 120 Å². The maximum atomic E-state index is 12.8. The molecule has 1 atom stereocenters. The Balaban J connectivity index is 0.905. The van der Waals surface area contributed by atoms with Gasteiger partial charge in [0.25, 0.3) is 0 Å². The molecule has 0 bridgehead atoms. The molecular formula is C40H37N9O3. The number of amides is 2. The number of benzene rings is 3. The molecule has 3 aromatic carbocycles. The number of imide groups is 1. The van der Waals surface area contributed by atoms with E-state index in [2.05, 4.69) is 80.0 Å². The van der Waals surface area contributed by atoms with Gasteiger partial charge in [-0.05, 0) is 79.0 Å². The van der Waals surface area contributed by atoms with Crippen molar-refractivity contribution in [3.63, 3.8) is 0 Å². The molecule has 5 heterocycles. The van der Waals surface area contributed by atoms with Gasteiger partial charge in [0.2, 0.25) is 11.8 Å². The predicted octanol–water partition coefficient (Wildman–Crippen LogP) is 5.50. The summed E-state index contributed by atoms with van der Waals surface area (Å²) in [6.45, 7) is 2.25. The second-order valence-corrected chi connectivity index (χ2v) is 13.3. The van der Waals surface area contributed by atoms with Gasteiger partial charge in [-0.2, -0.15) is 5.10 Å². The molecule has 1 fully saturated rings. The summed E-state index contributed by atoms with van der Waals surface area (Å²) in [7, 11) is 2.12. The molecule has 0 radical (unpaired) electrons. The van der Waals surface area contributed by atoms with Gasteiger partial charge in [0.1, 0.15) is 17.4 Å². The standard InChI is InChI=1S/C40H37N9O3/c1-47(22-27-12-13-34-32(19-27)29-6-4-17-42-39(29)49(34)35-14-15-37(51)44-40(35)52)18-16-25-8-10-26(11-9-25)23-48-24-28(21-43-48)31-20-33(45-46-38(31)41)30-5-2-3-7-36(30)50/h2-13,17,19-21,24,35,50H,14-16,18,22-23H2,1H3,(H2,41,46)(H,44,51,52). The van der Waals surface area contributed by atoms with Crippen molar-refractivity contribution in [2.24, 2.45) is 0 Å². The van der Waals surface area contributed by atoms with Gasteiger partial charge in [-0.15, -0.1) is 10.2 Å². The highest BCUT2D eigenvalue weighted by molar-refractivity contribution is 6.09. The summed E-state index contributed by atoms with van der Waals surface area (Å²) in [4.78, 5) is 31.6. The fourth-order valence-corrected chi connectivity index (χ4v) is 7.02. The lowest BCUT2D eigenvalue weighted by Crippen LogP contribution is -2.41. The average Bonchev–Trinajstić information content (AvgIpc) is 3.74. The number of nitrogens with one attached hydrogen (secondary N) is 1. The summed E-state index contributed by atoms with van der Waals surface area (Å²) < 4.78 is 3.85. The largest absolute Gasteiger partial charge is 0.507 e. The van der Waals surface area contributed by atoms with Crippen LogP contribution in [0, 0.1) is 0 Å². The van der Waals surface area contributed by atoms with Crippen LogP contribution >= 0.6 is 0 Å². The molecule has 7 aromatic rings. The maximum absolute atomic E-state index is 12.8. The monoisotopic (exact) mass is 691 g/mol. The van der Waals surface area contributed by atoms with E-state index in [9.17, 15) is 14.7 Å². The molecule has 0 spiro atoms. The van der Waals surface area contributed by atoms with Gasteiger partial charge < -0.3 is 20.3 Å². The number of fused-ring (bicyclic) bond motifs is 3. The highest BCUT2D eigenvalue weighted by atomic mass is 16.3. The number of aromatic hydroxyl groups is 1. The fourth-order valence-electron chi connectivity index (χ4n) is 7.02. The number of phenolic OH excluding ortho intramolecular Hbond substituents is 1. The van der Waals surface area contributed by atoms with Crippen LogP contribution in [-0.4, -0.2) is 64.9 Å². The Labute approximate surface area is 299 Å². The summed E-state index contributed by atoms with van der Waals surface area (Å²) in [6, 6.07) is 27.3. The number of nitrogens with two attached hydrogens (primary N) is 1. The minimum Gasteiger partial charge on any atom is -0.507 e. The Morgan fingerprint density at radius 2 is 1.73 bits per heavy atom. The molecular weight excluding hydrogens is 655 g/mol. The smallest absolute Gasteiger partial charge is 0.249 e. The number of nitrogen functional groups attached to an aromatic ring is 1. The van der Waals surface area contributed by atoms with Crippen LogP contribution in [0.5, 0.6) is 5.75 Å². The topological polar surface area (TPSA) is 157 Å². The fraction of sp³-hybridized carbons (Fsp3) is 0.200. The first-order valence-electron chi connectivity index (χ1n) is 17.2. The van der Waals surface area contributed by atoms with E-state index in [0.29, 0.717) is 42.0 Å². The third kappa shape index (κ3) is 6.47. The van der Waals surface area contributed by atoms with Crippen molar-refractivity contribution in [2.75, 3.05) is 19.3 Å². The summed E-state index contributed by atoms with van der Waals surface area (Å²) in [5, 5.41) is 27.7. The Hall–Kier alpha value is -6.40. The lowest BCUT2D eigenvalue weighted by molar-refractivity contribution is -0.135. The lowest BCUT2D eigenvalue weighted by Gasteiger charge is -2.23. The third-order valence-corrected chi connectivity index (χ3v) is 9.70. The Morgan fingerprint density at radius 3 is 2.56 bits per heavy atom. The van der Waals surface area contributed by atoms with Gasteiger partial charge in [0.05, 0.1) is 24.0 Å². The summed E-state index contributed by atoms with van der Waals surface area (Å²) >= 11 is 0. The Kier molecular flexibility index (Phi) is 8.65. The van der Waals surface area contributed by atoms with Crippen molar-refractivity contribution in [1.82, 2.24) is 39.7 Å². The van der Waals surface area contributed by atoms with Crippen molar-refractivity contribution in [2.45, 2.75) is 38.4 Å². The minimum absolute atomic E-state index is 0.128. The zero-order valence-electron chi connectivity index (χ0n) is 28.6. The SMILES string of the molecule is CN(CCc1ccc(Cn2cc(-c3cc(-c4ccccc4O)nnc3N)cn2)cc1)Cc1ccc2c(c1)c1cccnc1n2C1CCC(=O)NC1=O. The van der Waals surface area contributed by atoms with Gasteiger partial charge in [-0.3, -0.25) is 19.6 Å². The second-order valence-electron chi connectivity index (χ2n) is 13.3. The van der Waals surface area contributed by atoms with Crippen molar-refractivity contribution in [1.29, 1.82) is 0 Å². The highest BCUT2D eigenvalue weighted by Crippen LogP contribution is 2.35. The van der Waals surface area contributed by atoms with Gasteiger partial charge in [0, 0.05) is 59.4 Å². The number of anilines is 1. The zero-order valence-corrected chi connectivity index (χ0v) is 28.6. The number of carbonyl (C=O) groups excluding carboxylic acids is 2. The number of phenols is 1. The van der Waals surface area contributed by atoms with E-state index in [1.807, 2.05) is 39.7 Å². The van der Waals surface area contributed by atoms with Crippen LogP contribution in [0.4, 0.5) is 5.82 Å². The minimum atomic E-state index is -0.473. The number of rotatable bonds is 10. The number of likely N-dealkylation sites (N-methyl/N-ethyl adjacent to an activating group) is 1. The number of piperidine rings is 1. The summed E-state index contributed by atoms with van der Waals surface area (Å²) in [5.41, 5.74) is 14.1. The Bertz CT molecular complexity index is 2450. The Morgan fingerprint density at radius 1 is 0.923 bits per heavy atom. The van der Waals surface area contributed by atoms with Gasteiger partial charge in [-0.25, -0.2) is 4.98 Å². The summed E-state index contributed by atoms with van der Waals surface area (Å²) in [6.07, 6.45) is 7.11. The van der Waals surface area contributed by atoms with Crippen LogP contribution in [-0.2, 0) is 29.1 Å². The van der Waals surface area contributed by atoms with E-state index < -0.39 is 6.04 Å². The second kappa shape index (κ2) is 13.7. The molecule has 1 aliphatic rings. The van der Waals surface area contributed by atoms with E-state index >= 15 is 0 Å². The molecule has 2 amide bonds. The van der Waals surface area contributed by atoms with E-state index in [0.717, 1.165) is 52.6 Å². The van der Waals surface area contributed by atoms with Crippen LogP contribution in [0.15, 0.2) is 104 Å². The number of nitrogens with zero attached hydrogens (tertiary/aromatic N) is 7. The lowest BCUT2D eigenvalue weighted by atomic mass is 10.1. The van der Waals surface area contributed by atoms with Crippen LogP contribution in [0.1, 0.15) is 35.6 Å². The molecule has 52 heavy (non-hydrogen) atoms. The normalized spacial score (nSPS) is 14.8. The van der Waals surface area contributed by atoms with Crippen LogP contribution in [0.3, 0.4) is 0 Å². The molecule has 12 nitrogen and oxygen atoms in total. The van der Waals surface area contributed by atoms with Crippen molar-refractivity contribution >= 4 is 39.6 Å².